The Balaban J connectivity index is 1.58. The normalized spacial score (nSPS) is 10.9. The molecule has 0 aliphatic carbocycles. The molecule has 7 heteroatoms. The molecule has 156 valence electrons. The summed E-state index contributed by atoms with van der Waals surface area (Å²) < 4.78 is 0. The van der Waals surface area contributed by atoms with Crippen LogP contribution in [0.5, 0.6) is 0 Å². The number of amides is 2. The molecule has 0 heterocycles. The van der Waals surface area contributed by atoms with Gasteiger partial charge >= 0.3 is 0 Å². The maximum absolute atomic E-state index is 12.2. The monoisotopic (exact) mass is 407 g/mol. The molecule has 0 saturated heterocycles. The zero-order chi connectivity index (χ0) is 21.5. The van der Waals surface area contributed by atoms with E-state index in [9.17, 15) is 9.59 Å². The minimum atomic E-state index is -0.637. The van der Waals surface area contributed by atoms with E-state index < -0.39 is 11.8 Å². The Morgan fingerprint density at radius 1 is 0.867 bits per heavy atom. The number of hydroxylamine groups is 2. The van der Waals surface area contributed by atoms with E-state index in [1.165, 1.54) is 40.6 Å². The van der Waals surface area contributed by atoms with E-state index in [0.29, 0.717) is 18.6 Å². The molecule has 0 aromatic heterocycles. The van der Waals surface area contributed by atoms with Crippen LogP contribution in [-0.4, -0.2) is 42.6 Å². The third-order valence-electron chi connectivity index (χ3n) is 4.74. The summed E-state index contributed by atoms with van der Waals surface area (Å²) in [6.07, 6.45) is 0.651. The van der Waals surface area contributed by atoms with Crippen molar-refractivity contribution < 1.29 is 19.6 Å². The van der Waals surface area contributed by atoms with Gasteiger partial charge in [-0.15, -0.1) is 0 Å². The van der Waals surface area contributed by atoms with Gasteiger partial charge in [0.2, 0.25) is 0 Å². The van der Waals surface area contributed by atoms with Crippen molar-refractivity contribution >= 4 is 22.6 Å². The minimum Gasteiger partial charge on any atom is -0.305 e. The zero-order valence-corrected chi connectivity index (χ0v) is 17.0. The average molecular weight is 407 g/mol. The molecule has 30 heavy (non-hydrogen) atoms. The quantitative estimate of drug-likeness (QED) is 0.303. The number of nitrogens with zero attached hydrogens (tertiary/aromatic N) is 1. The SMILES string of the molecule is CN(C)Cc1ccc(CCONC(=O)c2ccc(C(=O)NO)cc2)c2ccccc12. The van der Waals surface area contributed by atoms with Crippen LogP contribution in [0.1, 0.15) is 31.8 Å². The minimum absolute atomic E-state index is 0.250. The lowest BCUT2D eigenvalue weighted by Gasteiger charge is -2.15. The molecule has 3 aromatic rings. The molecule has 0 spiro atoms. The van der Waals surface area contributed by atoms with E-state index in [1.54, 1.807) is 5.48 Å². The Morgan fingerprint density at radius 2 is 1.43 bits per heavy atom. The molecule has 2 amide bonds. The second-order valence-electron chi connectivity index (χ2n) is 7.22. The number of benzene rings is 3. The van der Waals surface area contributed by atoms with Gasteiger partial charge < -0.3 is 4.90 Å². The number of hydrogen-bond acceptors (Lipinski definition) is 5. The highest BCUT2D eigenvalue weighted by Gasteiger charge is 2.10. The Hall–Kier alpha value is -3.26. The van der Waals surface area contributed by atoms with Crippen molar-refractivity contribution in [2.45, 2.75) is 13.0 Å². The smallest absolute Gasteiger partial charge is 0.274 e. The topological polar surface area (TPSA) is 90.9 Å². The predicted octanol–water partition coefficient (Wildman–Crippen LogP) is 2.92. The average Bonchev–Trinajstić information content (AvgIpc) is 2.77. The molecule has 0 bridgehead atoms. The van der Waals surface area contributed by atoms with E-state index >= 15 is 0 Å². The molecular weight excluding hydrogens is 382 g/mol. The van der Waals surface area contributed by atoms with Crippen molar-refractivity contribution in [3.63, 3.8) is 0 Å². The molecule has 0 unspecified atom stereocenters. The molecule has 0 aliphatic heterocycles. The summed E-state index contributed by atoms with van der Waals surface area (Å²) >= 11 is 0. The first-order valence-electron chi connectivity index (χ1n) is 9.60. The summed E-state index contributed by atoms with van der Waals surface area (Å²) in [4.78, 5) is 31.0. The van der Waals surface area contributed by atoms with E-state index in [0.717, 1.165) is 12.1 Å². The van der Waals surface area contributed by atoms with Crippen LogP contribution in [0.2, 0.25) is 0 Å². The summed E-state index contributed by atoms with van der Waals surface area (Å²) in [5, 5.41) is 11.0. The van der Waals surface area contributed by atoms with E-state index in [1.807, 2.05) is 26.2 Å². The molecule has 3 aromatic carbocycles. The fourth-order valence-electron chi connectivity index (χ4n) is 3.29. The van der Waals surface area contributed by atoms with Gasteiger partial charge in [0.15, 0.2) is 0 Å². The van der Waals surface area contributed by atoms with Gasteiger partial charge in [-0.3, -0.25) is 19.6 Å². The zero-order valence-electron chi connectivity index (χ0n) is 17.0. The van der Waals surface area contributed by atoms with Crippen LogP contribution < -0.4 is 11.0 Å². The lowest BCUT2D eigenvalue weighted by Crippen LogP contribution is -2.25. The Labute approximate surface area is 175 Å². The van der Waals surface area contributed by atoms with Crippen LogP contribution in [0.25, 0.3) is 10.8 Å². The van der Waals surface area contributed by atoms with Gasteiger partial charge in [-0.25, -0.2) is 11.0 Å². The van der Waals surface area contributed by atoms with Crippen LogP contribution in [0.3, 0.4) is 0 Å². The van der Waals surface area contributed by atoms with Gasteiger partial charge in [0.25, 0.3) is 11.8 Å². The molecule has 3 N–H and O–H groups in total. The van der Waals surface area contributed by atoms with Gasteiger partial charge in [-0.1, -0.05) is 36.4 Å². The van der Waals surface area contributed by atoms with E-state index in [-0.39, 0.29) is 5.56 Å². The van der Waals surface area contributed by atoms with Crippen molar-refractivity contribution in [1.82, 2.24) is 15.9 Å². The summed E-state index contributed by atoms with van der Waals surface area (Å²) in [5.74, 6) is -1.04. The lowest BCUT2D eigenvalue weighted by atomic mass is 9.98. The van der Waals surface area contributed by atoms with Crippen LogP contribution in [0.4, 0.5) is 0 Å². The number of nitrogens with one attached hydrogen (secondary N) is 2. The number of rotatable bonds is 8. The maximum Gasteiger partial charge on any atom is 0.274 e. The molecule has 3 rings (SSSR count). The Bertz CT molecular complexity index is 1030. The largest absolute Gasteiger partial charge is 0.305 e. The number of hydrogen-bond donors (Lipinski definition) is 3. The van der Waals surface area contributed by atoms with Crippen molar-refractivity contribution in [2.75, 3.05) is 20.7 Å². The van der Waals surface area contributed by atoms with Gasteiger partial charge in [0.05, 0.1) is 6.61 Å². The van der Waals surface area contributed by atoms with Crippen molar-refractivity contribution in [3.8, 4) is 0 Å². The third kappa shape index (κ3) is 5.21. The number of carbonyl (C=O) groups is 2. The summed E-state index contributed by atoms with van der Waals surface area (Å²) in [6, 6.07) is 18.4. The number of carbonyl (C=O) groups excluding carboxylic acids is 2. The Morgan fingerprint density at radius 3 is 2.03 bits per heavy atom. The van der Waals surface area contributed by atoms with Crippen LogP contribution >= 0.6 is 0 Å². The highest BCUT2D eigenvalue weighted by Crippen LogP contribution is 2.24. The maximum atomic E-state index is 12.2. The molecule has 7 nitrogen and oxygen atoms in total. The highest BCUT2D eigenvalue weighted by atomic mass is 16.6. The van der Waals surface area contributed by atoms with Crippen LogP contribution in [0, 0.1) is 0 Å². The molecule has 0 fully saturated rings. The second kappa shape index (κ2) is 9.98. The summed E-state index contributed by atoms with van der Waals surface area (Å²) in [6.45, 7) is 1.19. The molecule has 0 saturated carbocycles. The Kier molecular flexibility index (Phi) is 7.13. The fraction of sp³-hybridized carbons (Fsp3) is 0.217. The fourth-order valence-corrected chi connectivity index (χ4v) is 3.29. The van der Waals surface area contributed by atoms with E-state index in [4.69, 9.17) is 10.0 Å². The van der Waals surface area contributed by atoms with E-state index in [2.05, 4.69) is 34.6 Å². The summed E-state index contributed by atoms with van der Waals surface area (Å²) in [7, 11) is 4.10. The van der Waals surface area contributed by atoms with Crippen LogP contribution in [0.15, 0.2) is 60.7 Å². The molecular formula is C23H25N3O4. The predicted molar refractivity (Wildman–Crippen MR) is 114 cm³/mol. The third-order valence-corrected chi connectivity index (χ3v) is 4.74. The van der Waals surface area contributed by atoms with Gasteiger partial charge in [0, 0.05) is 17.7 Å². The molecule has 0 atom stereocenters. The van der Waals surface area contributed by atoms with Gasteiger partial charge in [-0.2, -0.15) is 0 Å². The van der Waals surface area contributed by atoms with Crippen molar-refractivity contribution in [1.29, 1.82) is 0 Å². The highest BCUT2D eigenvalue weighted by molar-refractivity contribution is 5.97. The molecule has 0 aliphatic rings. The first-order chi connectivity index (χ1) is 14.5. The lowest BCUT2D eigenvalue weighted by molar-refractivity contribution is 0.0324. The summed E-state index contributed by atoms with van der Waals surface area (Å²) in [5.41, 5.74) is 6.99. The van der Waals surface area contributed by atoms with Crippen molar-refractivity contribution in [2.24, 2.45) is 0 Å². The van der Waals surface area contributed by atoms with Gasteiger partial charge in [-0.05, 0) is 66.7 Å². The van der Waals surface area contributed by atoms with Crippen LogP contribution in [-0.2, 0) is 17.8 Å². The first kappa shape index (κ1) is 21.4. The molecule has 0 radical (unpaired) electrons. The standard InChI is InChI=1S/C23H25N3O4/c1-26(2)15-19-12-7-16(20-5-3-4-6-21(19)20)13-14-30-25-23(28)18-10-8-17(9-11-18)22(27)24-29/h3-12,29H,13-15H2,1-2H3,(H,24,27)(H,25,28). The number of fused-ring (bicyclic) bond motifs is 1. The van der Waals surface area contributed by atoms with Gasteiger partial charge in [0.1, 0.15) is 0 Å². The van der Waals surface area contributed by atoms with Crippen molar-refractivity contribution in [3.05, 3.63) is 82.9 Å². The second-order valence-corrected chi connectivity index (χ2v) is 7.22. The first-order valence-corrected chi connectivity index (χ1v) is 9.60.